The number of nitrogens with zero attached hydrogens (tertiary/aromatic N) is 1. The van der Waals surface area contributed by atoms with Crippen LogP contribution in [0, 0.1) is 5.92 Å². The Hall–Kier alpha value is -0.970. The van der Waals surface area contributed by atoms with Crippen LogP contribution in [0.25, 0.3) is 0 Å². The van der Waals surface area contributed by atoms with Crippen molar-refractivity contribution in [1.29, 1.82) is 0 Å². The lowest BCUT2D eigenvalue weighted by Crippen LogP contribution is -2.33. The first-order valence-corrected chi connectivity index (χ1v) is 6.09. The molecule has 0 saturated heterocycles. The monoisotopic (exact) mass is 278 g/mol. The van der Waals surface area contributed by atoms with Crippen LogP contribution in [0.15, 0.2) is 12.1 Å². The summed E-state index contributed by atoms with van der Waals surface area (Å²) in [6, 6.07) is 1.83. The van der Waals surface area contributed by atoms with Crippen molar-refractivity contribution in [2.45, 2.75) is 38.4 Å². The van der Waals surface area contributed by atoms with E-state index in [1.165, 1.54) is 0 Å². The Morgan fingerprint density at radius 2 is 1.89 bits per heavy atom. The molecule has 18 heavy (non-hydrogen) atoms. The minimum absolute atomic E-state index is 0.154. The predicted octanol–water partition coefficient (Wildman–Crippen LogP) is 4.35. The summed E-state index contributed by atoms with van der Waals surface area (Å²) in [5, 5.41) is 2.88. The minimum atomic E-state index is -4.41. The van der Waals surface area contributed by atoms with Crippen LogP contribution in [0.2, 0.25) is 5.15 Å². The number of alkyl halides is 3. The molecule has 0 aliphatic heterocycles. The molecule has 6 heteroatoms. The number of anilines is 1. The van der Waals surface area contributed by atoms with Crippen LogP contribution >= 0.6 is 11.6 Å². The molecule has 0 aromatic carbocycles. The zero-order chi connectivity index (χ0) is 13.6. The normalized spacial score (nSPS) is 16.8. The van der Waals surface area contributed by atoms with Crippen LogP contribution in [-0.2, 0) is 6.18 Å². The Morgan fingerprint density at radius 3 is 2.39 bits per heavy atom. The molecule has 0 bridgehead atoms. The molecule has 100 valence electrons. The zero-order valence-electron chi connectivity index (χ0n) is 10.1. The maximum absolute atomic E-state index is 12.6. The van der Waals surface area contributed by atoms with Crippen LogP contribution in [-0.4, -0.2) is 10.5 Å². The topological polar surface area (TPSA) is 24.9 Å². The Labute approximate surface area is 109 Å². The second-order valence-corrected chi connectivity index (χ2v) is 5.57. The van der Waals surface area contributed by atoms with Crippen LogP contribution in [0.5, 0.6) is 0 Å². The van der Waals surface area contributed by atoms with Gasteiger partial charge < -0.3 is 5.32 Å². The third-order valence-electron chi connectivity index (χ3n) is 3.17. The highest BCUT2D eigenvalue weighted by Gasteiger charge is 2.38. The van der Waals surface area contributed by atoms with Gasteiger partial charge in [0.25, 0.3) is 0 Å². The summed E-state index contributed by atoms with van der Waals surface area (Å²) in [5.74, 6) is 0.652. The van der Waals surface area contributed by atoms with Gasteiger partial charge in [-0.15, -0.1) is 0 Å². The van der Waals surface area contributed by atoms with Gasteiger partial charge >= 0.3 is 6.18 Å². The molecule has 1 N–H and O–H groups in total. The molecule has 1 saturated carbocycles. The smallest absolute Gasteiger partial charge is 0.365 e. The van der Waals surface area contributed by atoms with Gasteiger partial charge in [0.1, 0.15) is 11.0 Å². The van der Waals surface area contributed by atoms with Crippen molar-refractivity contribution in [2.24, 2.45) is 5.92 Å². The van der Waals surface area contributed by atoms with E-state index in [0.717, 1.165) is 25.0 Å². The molecule has 0 spiro atoms. The number of hydrogen-bond acceptors (Lipinski definition) is 2. The number of hydrogen-bond donors (Lipinski definition) is 1. The molecule has 1 aliphatic rings. The van der Waals surface area contributed by atoms with E-state index in [1.807, 2.05) is 13.8 Å². The van der Waals surface area contributed by atoms with Crippen molar-refractivity contribution in [1.82, 2.24) is 4.98 Å². The second-order valence-electron chi connectivity index (χ2n) is 5.18. The number of aromatic nitrogens is 1. The van der Waals surface area contributed by atoms with Crippen LogP contribution in [0.3, 0.4) is 0 Å². The van der Waals surface area contributed by atoms with Gasteiger partial charge in [0.2, 0.25) is 0 Å². The second kappa shape index (κ2) is 4.30. The highest BCUT2D eigenvalue weighted by Crippen LogP contribution is 2.41. The Morgan fingerprint density at radius 1 is 1.28 bits per heavy atom. The van der Waals surface area contributed by atoms with Gasteiger partial charge in [0.15, 0.2) is 0 Å². The van der Waals surface area contributed by atoms with Crippen LogP contribution in [0.4, 0.5) is 19.0 Å². The summed E-state index contributed by atoms with van der Waals surface area (Å²) in [7, 11) is 0. The Balaban J connectivity index is 2.25. The summed E-state index contributed by atoms with van der Waals surface area (Å²) < 4.78 is 37.9. The Kier molecular flexibility index (Phi) is 3.21. The average Bonchev–Trinajstić information content (AvgIpc) is 2.96. The van der Waals surface area contributed by atoms with E-state index in [2.05, 4.69) is 10.3 Å². The van der Waals surface area contributed by atoms with Crippen molar-refractivity contribution in [3.8, 4) is 0 Å². The summed E-state index contributed by atoms with van der Waals surface area (Å²) in [5.41, 5.74) is -1.04. The maximum atomic E-state index is 12.6. The molecule has 1 heterocycles. The molecule has 1 aromatic heterocycles. The highest BCUT2D eigenvalue weighted by molar-refractivity contribution is 6.29. The lowest BCUT2D eigenvalue weighted by atomic mass is 9.99. The van der Waals surface area contributed by atoms with Gasteiger partial charge in [-0.25, -0.2) is 4.98 Å². The van der Waals surface area contributed by atoms with Crippen molar-refractivity contribution in [2.75, 3.05) is 5.32 Å². The third-order valence-corrected chi connectivity index (χ3v) is 3.36. The molecule has 0 atom stereocenters. The predicted molar refractivity (Wildman–Crippen MR) is 64.7 cm³/mol. The van der Waals surface area contributed by atoms with Crippen LogP contribution in [0.1, 0.15) is 32.3 Å². The highest BCUT2D eigenvalue weighted by atomic mass is 35.5. The van der Waals surface area contributed by atoms with Crippen LogP contribution < -0.4 is 5.32 Å². The lowest BCUT2D eigenvalue weighted by Gasteiger charge is -2.27. The van der Waals surface area contributed by atoms with E-state index >= 15 is 0 Å². The third kappa shape index (κ3) is 3.07. The number of nitrogens with one attached hydrogen (secondary N) is 1. The fraction of sp³-hybridized carbons (Fsp3) is 0.583. The van der Waals surface area contributed by atoms with Crippen molar-refractivity contribution in [3.63, 3.8) is 0 Å². The van der Waals surface area contributed by atoms with Gasteiger partial charge in [-0.05, 0) is 44.7 Å². The average molecular weight is 279 g/mol. The molecule has 1 aromatic rings. The van der Waals surface area contributed by atoms with E-state index in [0.29, 0.717) is 5.92 Å². The molecule has 0 radical (unpaired) electrons. The summed E-state index contributed by atoms with van der Waals surface area (Å²) in [6.45, 7) is 3.92. The first kappa shape index (κ1) is 13.5. The van der Waals surface area contributed by atoms with Gasteiger partial charge in [-0.2, -0.15) is 13.2 Å². The molecule has 0 amide bonds. The number of rotatable bonds is 3. The van der Waals surface area contributed by atoms with E-state index in [-0.39, 0.29) is 16.5 Å². The van der Waals surface area contributed by atoms with Gasteiger partial charge in [0, 0.05) is 5.54 Å². The summed E-state index contributed by atoms with van der Waals surface area (Å²) in [4.78, 5) is 3.90. The standard InChI is InChI=1S/C12H14ClF3N2/c1-11(2,7-3-4-7)18-10-6-8(12(14,15)16)5-9(13)17-10/h5-7H,3-4H2,1-2H3,(H,17,18). The van der Waals surface area contributed by atoms with E-state index in [1.54, 1.807) is 0 Å². The first-order valence-electron chi connectivity index (χ1n) is 5.71. The first-order chi connectivity index (χ1) is 8.18. The molecule has 2 rings (SSSR count). The van der Waals surface area contributed by atoms with E-state index < -0.39 is 11.7 Å². The maximum Gasteiger partial charge on any atom is 0.416 e. The fourth-order valence-electron chi connectivity index (χ4n) is 1.96. The largest absolute Gasteiger partial charge is 0.416 e. The summed E-state index contributed by atoms with van der Waals surface area (Å²) >= 11 is 5.63. The molecular weight excluding hydrogens is 265 g/mol. The van der Waals surface area contributed by atoms with Gasteiger partial charge in [-0.1, -0.05) is 11.6 Å². The summed E-state index contributed by atoms with van der Waals surface area (Å²) in [6.07, 6.45) is -2.23. The Bertz CT molecular complexity index is 453. The SMILES string of the molecule is CC(C)(Nc1cc(C(F)(F)F)cc(Cl)n1)C1CC1. The molecule has 2 nitrogen and oxygen atoms in total. The van der Waals surface area contributed by atoms with Gasteiger partial charge in [0.05, 0.1) is 5.56 Å². The van der Waals surface area contributed by atoms with Crippen molar-refractivity contribution < 1.29 is 13.2 Å². The molecule has 0 unspecified atom stereocenters. The van der Waals surface area contributed by atoms with Crippen molar-refractivity contribution >= 4 is 17.4 Å². The zero-order valence-corrected chi connectivity index (χ0v) is 10.9. The van der Waals surface area contributed by atoms with Crippen molar-refractivity contribution in [3.05, 3.63) is 22.8 Å². The lowest BCUT2D eigenvalue weighted by molar-refractivity contribution is -0.137. The molecule has 1 aliphatic carbocycles. The van der Waals surface area contributed by atoms with E-state index in [4.69, 9.17) is 11.6 Å². The van der Waals surface area contributed by atoms with Gasteiger partial charge in [-0.3, -0.25) is 0 Å². The minimum Gasteiger partial charge on any atom is -0.365 e. The molecule has 1 fully saturated rings. The number of halogens is 4. The molecular formula is C12H14ClF3N2. The number of pyridine rings is 1. The fourth-order valence-corrected chi connectivity index (χ4v) is 2.17. The quantitative estimate of drug-likeness (QED) is 0.831. The van der Waals surface area contributed by atoms with E-state index in [9.17, 15) is 13.2 Å².